The van der Waals surface area contributed by atoms with Crippen LogP contribution in [0.5, 0.6) is 0 Å². The lowest BCUT2D eigenvalue weighted by Crippen LogP contribution is -2.62. The van der Waals surface area contributed by atoms with E-state index in [1.54, 1.807) is 6.26 Å². The van der Waals surface area contributed by atoms with Crippen molar-refractivity contribution in [3.63, 3.8) is 0 Å². The van der Waals surface area contributed by atoms with Crippen LogP contribution >= 0.6 is 0 Å². The summed E-state index contributed by atoms with van der Waals surface area (Å²) in [7, 11) is 0. The number of piperidine rings is 2. The van der Waals surface area contributed by atoms with Crippen molar-refractivity contribution in [1.29, 1.82) is 0 Å². The number of aromatic nitrogens is 1. The highest BCUT2D eigenvalue weighted by molar-refractivity contribution is 5.79. The third-order valence-electron chi connectivity index (χ3n) is 6.26. The first-order valence-corrected chi connectivity index (χ1v) is 10.7. The monoisotopic (exact) mass is 404 g/mol. The molecule has 8 nitrogen and oxygen atoms in total. The summed E-state index contributed by atoms with van der Waals surface area (Å²) in [6.07, 6.45) is 5.31. The number of ether oxygens (including phenoxy) is 1. The Balaban J connectivity index is 1.26. The number of likely N-dealkylation sites (tertiary alicyclic amines) is 2. The molecule has 3 amide bonds. The topological polar surface area (TPSA) is 87.9 Å². The molecule has 4 rings (SSSR count). The number of hydrogen-bond donors (Lipinski definition) is 1. The molecule has 3 aliphatic rings. The number of fused-ring (bicyclic) bond motifs is 1. The lowest BCUT2D eigenvalue weighted by Gasteiger charge is -2.43. The van der Waals surface area contributed by atoms with E-state index in [0.717, 1.165) is 50.4 Å². The fourth-order valence-electron chi connectivity index (χ4n) is 4.40. The molecular weight excluding hydrogens is 372 g/mol. The Morgan fingerprint density at radius 1 is 1.21 bits per heavy atom. The van der Waals surface area contributed by atoms with Crippen LogP contribution in [0.4, 0.5) is 4.79 Å². The van der Waals surface area contributed by atoms with E-state index in [9.17, 15) is 9.59 Å². The number of amides is 3. The SMILES string of the molecule is CC(C)(C)c1coc(CC2CCN(C(=O)N3CCC4OCC(=O)NC4C3)CC2)n1. The summed E-state index contributed by atoms with van der Waals surface area (Å²) in [5.41, 5.74) is 0.982. The van der Waals surface area contributed by atoms with Gasteiger partial charge in [0.1, 0.15) is 12.9 Å². The zero-order valence-corrected chi connectivity index (χ0v) is 17.6. The van der Waals surface area contributed by atoms with Gasteiger partial charge in [0.05, 0.1) is 17.8 Å². The van der Waals surface area contributed by atoms with E-state index >= 15 is 0 Å². The van der Waals surface area contributed by atoms with Gasteiger partial charge in [-0.3, -0.25) is 4.79 Å². The Labute approximate surface area is 172 Å². The molecule has 3 aliphatic heterocycles. The third kappa shape index (κ3) is 4.57. The van der Waals surface area contributed by atoms with E-state index < -0.39 is 0 Å². The first-order chi connectivity index (χ1) is 13.8. The van der Waals surface area contributed by atoms with Crippen molar-refractivity contribution in [1.82, 2.24) is 20.1 Å². The zero-order chi connectivity index (χ0) is 20.6. The zero-order valence-electron chi connectivity index (χ0n) is 17.6. The Kier molecular flexibility index (Phi) is 5.55. The van der Waals surface area contributed by atoms with Crippen molar-refractivity contribution in [2.45, 2.75) is 64.0 Å². The van der Waals surface area contributed by atoms with E-state index in [1.807, 2.05) is 9.80 Å². The largest absolute Gasteiger partial charge is 0.449 e. The third-order valence-corrected chi connectivity index (χ3v) is 6.26. The molecule has 0 saturated carbocycles. The van der Waals surface area contributed by atoms with Crippen LogP contribution in [-0.2, 0) is 21.4 Å². The van der Waals surface area contributed by atoms with E-state index in [4.69, 9.17) is 9.15 Å². The molecule has 2 unspecified atom stereocenters. The fourth-order valence-corrected chi connectivity index (χ4v) is 4.40. The quantitative estimate of drug-likeness (QED) is 0.814. The van der Waals surface area contributed by atoms with Gasteiger partial charge in [-0.25, -0.2) is 9.78 Å². The predicted octanol–water partition coefficient (Wildman–Crippen LogP) is 1.94. The summed E-state index contributed by atoms with van der Waals surface area (Å²) >= 11 is 0. The highest BCUT2D eigenvalue weighted by atomic mass is 16.5. The highest BCUT2D eigenvalue weighted by Gasteiger charge is 2.38. The van der Waals surface area contributed by atoms with Crippen molar-refractivity contribution in [2.75, 3.05) is 32.8 Å². The molecule has 0 aliphatic carbocycles. The molecule has 0 radical (unpaired) electrons. The normalized spacial score (nSPS) is 26.2. The van der Waals surface area contributed by atoms with Crippen LogP contribution < -0.4 is 5.32 Å². The second-order valence-corrected chi connectivity index (χ2v) is 9.55. The molecule has 1 N–H and O–H groups in total. The first kappa shape index (κ1) is 20.2. The number of urea groups is 1. The van der Waals surface area contributed by atoms with Gasteiger partial charge in [0, 0.05) is 38.0 Å². The molecule has 3 saturated heterocycles. The number of morpholine rings is 1. The van der Waals surface area contributed by atoms with Crippen LogP contribution in [0.25, 0.3) is 0 Å². The number of oxazole rings is 1. The molecule has 1 aromatic heterocycles. The number of carbonyl (C=O) groups is 2. The molecule has 3 fully saturated rings. The lowest BCUT2D eigenvalue weighted by molar-refractivity contribution is -0.139. The molecule has 1 aromatic rings. The summed E-state index contributed by atoms with van der Waals surface area (Å²) in [6, 6.07) is -0.0126. The summed E-state index contributed by atoms with van der Waals surface area (Å²) in [4.78, 5) is 33.0. The number of nitrogens with one attached hydrogen (secondary N) is 1. The summed E-state index contributed by atoms with van der Waals surface area (Å²) in [6.45, 7) is 9.24. The van der Waals surface area contributed by atoms with Gasteiger partial charge in [-0.15, -0.1) is 0 Å². The standard InChI is InChI=1S/C21H32N4O4/c1-21(2,3)17-12-29-19(23-17)10-14-4-7-24(8-5-14)20(27)25-9-6-16-15(11-25)22-18(26)13-28-16/h12,14-16H,4-11,13H2,1-3H3,(H,22,26). The molecule has 4 heterocycles. The van der Waals surface area contributed by atoms with E-state index in [1.165, 1.54) is 0 Å². The van der Waals surface area contributed by atoms with Crippen LogP contribution in [0, 0.1) is 5.92 Å². The smallest absolute Gasteiger partial charge is 0.320 e. The maximum atomic E-state index is 13.0. The first-order valence-electron chi connectivity index (χ1n) is 10.7. The van der Waals surface area contributed by atoms with Crippen LogP contribution in [0.3, 0.4) is 0 Å². The van der Waals surface area contributed by atoms with Crippen molar-refractivity contribution in [3.8, 4) is 0 Å². The average molecular weight is 405 g/mol. The predicted molar refractivity (Wildman–Crippen MR) is 106 cm³/mol. The molecule has 160 valence electrons. The van der Waals surface area contributed by atoms with Gasteiger partial charge >= 0.3 is 6.03 Å². The number of nitrogens with zero attached hydrogens (tertiary/aromatic N) is 3. The van der Waals surface area contributed by atoms with Crippen LogP contribution in [0.15, 0.2) is 10.7 Å². The number of hydrogen-bond acceptors (Lipinski definition) is 5. The second kappa shape index (κ2) is 7.97. The number of rotatable bonds is 2. The summed E-state index contributed by atoms with van der Waals surface area (Å²) in [5.74, 6) is 1.19. The highest BCUT2D eigenvalue weighted by Crippen LogP contribution is 2.26. The lowest BCUT2D eigenvalue weighted by atomic mass is 9.92. The maximum absolute atomic E-state index is 13.0. The van der Waals surface area contributed by atoms with Crippen molar-refractivity contribution in [2.24, 2.45) is 5.92 Å². The van der Waals surface area contributed by atoms with Crippen LogP contribution in [0.1, 0.15) is 51.6 Å². The van der Waals surface area contributed by atoms with Crippen LogP contribution in [0.2, 0.25) is 0 Å². The van der Waals surface area contributed by atoms with Gasteiger partial charge in [-0.1, -0.05) is 20.8 Å². The minimum atomic E-state index is -0.0949. The summed E-state index contributed by atoms with van der Waals surface area (Å²) < 4.78 is 11.3. The number of carbonyl (C=O) groups excluding carboxylic acids is 2. The molecule has 29 heavy (non-hydrogen) atoms. The maximum Gasteiger partial charge on any atom is 0.320 e. The Hall–Kier alpha value is -2.09. The van der Waals surface area contributed by atoms with Gasteiger partial charge in [0.15, 0.2) is 5.89 Å². The molecule has 2 atom stereocenters. The van der Waals surface area contributed by atoms with Gasteiger partial charge in [-0.05, 0) is 25.2 Å². The molecule has 0 spiro atoms. The molecule has 0 aromatic carbocycles. The Morgan fingerprint density at radius 3 is 2.62 bits per heavy atom. The van der Waals surface area contributed by atoms with Crippen molar-refractivity contribution >= 4 is 11.9 Å². The van der Waals surface area contributed by atoms with Gasteiger partial charge in [0.2, 0.25) is 5.91 Å². The van der Waals surface area contributed by atoms with E-state index in [-0.39, 0.29) is 36.1 Å². The van der Waals surface area contributed by atoms with Gasteiger partial charge in [0.25, 0.3) is 0 Å². The molecule has 8 heteroatoms. The Bertz CT molecular complexity index is 748. The van der Waals surface area contributed by atoms with Crippen molar-refractivity contribution < 1.29 is 18.7 Å². The van der Waals surface area contributed by atoms with E-state index in [2.05, 4.69) is 31.1 Å². The molecule has 0 bridgehead atoms. The molecular formula is C21H32N4O4. The Morgan fingerprint density at radius 2 is 1.93 bits per heavy atom. The minimum absolute atomic E-state index is 0.00612. The van der Waals surface area contributed by atoms with Crippen molar-refractivity contribution in [3.05, 3.63) is 17.8 Å². The van der Waals surface area contributed by atoms with Crippen LogP contribution in [-0.4, -0.2) is 71.7 Å². The summed E-state index contributed by atoms with van der Waals surface area (Å²) in [5, 5.41) is 2.96. The van der Waals surface area contributed by atoms with Gasteiger partial charge < -0.3 is 24.3 Å². The van der Waals surface area contributed by atoms with E-state index in [0.29, 0.717) is 19.0 Å². The fraction of sp³-hybridized carbons (Fsp3) is 0.762. The average Bonchev–Trinajstić information content (AvgIpc) is 3.16. The minimum Gasteiger partial charge on any atom is -0.449 e. The van der Waals surface area contributed by atoms with Gasteiger partial charge in [-0.2, -0.15) is 0 Å². The second-order valence-electron chi connectivity index (χ2n) is 9.55.